The fourth-order valence-corrected chi connectivity index (χ4v) is 1.54. The molecule has 0 saturated heterocycles. The Labute approximate surface area is 106 Å². The van der Waals surface area contributed by atoms with Gasteiger partial charge in [0.25, 0.3) is 0 Å². The summed E-state index contributed by atoms with van der Waals surface area (Å²) in [7, 11) is 0. The van der Waals surface area contributed by atoms with Gasteiger partial charge in [-0.25, -0.2) is 9.59 Å². The van der Waals surface area contributed by atoms with E-state index in [-0.39, 0.29) is 0 Å². The van der Waals surface area contributed by atoms with Gasteiger partial charge in [-0.2, -0.15) is 11.8 Å². The van der Waals surface area contributed by atoms with Crippen molar-refractivity contribution in [3.05, 3.63) is 0 Å². The Kier molecular flexibility index (Phi) is 9.06. The fraction of sp³-hybridized carbons (Fsp3) is 0.636. The van der Waals surface area contributed by atoms with Crippen LogP contribution in [0.4, 0.5) is 4.79 Å². The predicted molar refractivity (Wildman–Crippen MR) is 69.0 cm³/mol. The highest BCUT2D eigenvalue weighted by Gasteiger charge is 2.18. The summed E-state index contributed by atoms with van der Waals surface area (Å²) in [5, 5.41) is 13.9. The monoisotopic (exact) mass is 258 g/mol. The van der Waals surface area contributed by atoms with E-state index in [9.17, 15) is 9.59 Å². The summed E-state index contributed by atoms with van der Waals surface area (Å²) in [4.78, 5) is 22.2. The van der Waals surface area contributed by atoms with Crippen molar-refractivity contribution in [1.82, 2.24) is 10.6 Å². The van der Waals surface area contributed by atoms with E-state index in [4.69, 9.17) is 5.11 Å². The molecule has 0 fully saturated rings. The molecule has 3 N–H and O–H groups in total. The van der Waals surface area contributed by atoms with Crippen molar-refractivity contribution in [3.63, 3.8) is 0 Å². The first kappa shape index (κ1) is 15.7. The third kappa shape index (κ3) is 8.46. The minimum absolute atomic E-state index is 0.415. The third-order valence-corrected chi connectivity index (χ3v) is 2.57. The lowest BCUT2D eigenvalue weighted by Crippen LogP contribution is -2.46. The minimum Gasteiger partial charge on any atom is -0.480 e. The van der Waals surface area contributed by atoms with E-state index in [1.54, 1.807) is 18.7 Å². The number of aliphatic carboxylic acids is 1. The summed E-state index contributed by atoms with van der Waals surface area (Å²) in [5.74, 6) is 5.19. The molecule has 2 amide bonds. The minimum atomic E-state index is -1.01. The number of nitrogens with one attached hydrogen (secondary N) is 2. The van der Waals surface area contributed by atoms with Gasteiger partial charge in [0.2, 0.25) is 0 Å². The van der Waals surface area contributed by atoms with E-state index in [0.717, 1.165) is 0 Å². The van der Waals surface area contributed by atoms with E-state index >= 15 is 0 Å². The molecule has 0 aromatic carbocycles. The molecule has 0 heterocycles. The molecule has 0 bridgehead atoms. The van der Waals surface area contributed by atoms with Crippen molar-refractivity contribution < 1.29 is 14.7 Å². The topological polar surface area (TPSA) is 78.4 Å². The van der Waals surface area contributed by atoms with Gasteiger partial charge in [-0.1, -0.05) is 0 Å². The van der Waals surface area contributed by atoms with E-state index < -0.39 is 18.0 Å². The van der Waals surface area contributed by atoms with Gasteiger partial charge in [0, 0.05) is 13.0 Å². The van der Waals surface area contributed by atoms with Crippen LogP contribution < -0.4 is 10.6 Å². The van der Waals surface area contributed by atoms with Gasteiger partial charge in [-0.3, -0.25) is 0 Å². The molecule has 17 heavy (non-hydrogen) atoms. The number of hydrogen-bond acceptors (Lipinski definition) is 3. The summed E-state index contributed by atoms with van der Waals surface area (Å²) in [6.07, 6.45) is 2.87. The molecule has 0 radical (unpaired) electrons. The number of hydrogen-bond donors (Lipinski definition) is 3. The molecular weight excluding hydrogens is 240 g/mol. The van der Waals surface area contributed by atoms with Gasteiger partial charge < -0.3 is 15.7 Å². The Morgan fingerprint density at radius 3 is 2.71 bits per heavy atom. The molecule has 96 valence electrons. The van der Waals surface area contributed by atoms with Crippen LogP contribution in [0.3, 0.4) is 0 Å². The highest BCUT2D eigenvalue weighted by molar-refractivity contribution is 7.98. The molecule has 5 nitrogen and oxygen atoms in total. The molecular formula is C11H18N2O3S. The maximum atomic E-state index is 11.3. The van der Waals surface area contributed by atoms with Crippen LogP contribution in [0.15, 0.2) is 0 Å². The van der Waals surface area contributed by atoms with Gasteiger partial charge in [-0.15, -0.1) is 11.8 Å². The van der Waals surface area contributed by atoms with Crippen molar-refractivity contribution in [2.45, 2.75) is 25.8 Å². The zero-order valence-electron chi connectivity index (χ0n) is 10.1. The average Bonchev–Trinajstić information content (AvgIpc) is 2.29. The number of carboxylic acids is 1. The molecule has 0 aromatic heterocycles. The van der Waals surface area contributed by atoms with E-state index in [1.807, 2.05) is 6.26 Å². The Bertz CT molecular complexity index is 310. The van der Waals surface area contributed by atoms with E-state index in [1.165, 1.54) is 0 Å². The number of carbonyl (C=O) groups excluding carboxylic acids is 1. The fourth-order valence-electron chi connectivity index (χ4n) is 1.07. The largest absolute Gasteiger partial charge is 0.480 e. The number of amides is 2. The molecule has 0 aliphatic carbocycles. The molecule has 0 spiro atoms. The zero-order valence-corrected chi connectivity index (χ0v) is 10.9. The van der Waals surface area contributed by atoms with Crippen LogP contribution in [0.5, 0.6) is 0 Å². The molecule has 6 heteroatoms. The summed E-state index contributed by atoms with van der Waals surface area (Å²) >= 11 is 1.55. The van der Waals surface area contributed by atoms with Crippen molar-refractivity contribution in [3.8, 4) is 11.8 Å². The molecule has 0 saturated carbocycles. The summed E-state index contributed by atoms with van der Waals surface area (Å²) in [5.41, 5.74) is 0. The Morgan fingerprint density at radius 1 is 1.47 bits per heavy atom. The van der Waals surface area contributed by atoms with Crippen molar-refractivity contribution >= 4 is 23.8 Å². The molecule has 0 aliphatic rings. The number of rotatable bonds is 7. The lowest BCUT2D eigenvalue weighted by atomic mass is 10.2. The standard InChI is InChI=1S/C11H18N2O3S/c1-3-4-5-7-12-11(16)13-9(10(14)15)6-8-17-2/h9H,5-8H2,1-2H3,(H,14,15)(H2,12,13,16). The quantitative estimate of drug-likeness (QED) is 0.468. The summed E-state index contributed by atoms with van der Waals surface area (Å²) in [6, 6.07) is -1.30. The maximum Gasteiger partial charge on any atom is 0.326 e. The SMILES string of the molecule is CC#CCCNC(=O)NC(CCSC)C(=O)O. The van der Waals surface area contributed by atoms with Gasteiger partial charge in [0.1, 0.15) is 6.04 Å². The Hall–Kier alpha value is -1.35. The van der Waals surface area contributed by atoms with Crippen LogP contribution in [-0.4, -0.2) is 41.7 Å². The van der Waals surface area contributed by atoms with Crippen molar-refractivity contribution in [1.29, 1.82) is 0 Å². The molecule has 1 unspecified atom stereocenters. The second kappa shape index (κ2) is 9.85. The second-order valence-corrected chi connectivity index (χ2v) is 4.23. The number of thioether (sulfide) groups is 1. The number of carboxylic acid groups (broad SMARTS) is 1. The average molecular weight is 258 g/mol. The summed E-state index contributed by atoms with van der Waals surface area (Å²) in [6.45, 7) is 2.14. The van der Waals surface area contributed by atoms with Gasteiger partial charge >= 0.3 is 12.0 Å². The number of carbonyl (C=O) groups is 2. The van der Waals surface area contributed by atoms with Crippen molar-refractivity contribution in [2.24, 2.45) is 0 Å². The lowest BCUT2D eigenvalue weighted by Gasteiger charge is -2.14. The summed E-state index contributed by atoms with van der Waals surface area (Å²) < 4.78 is 0. The number of urea groups is 1. The van der Waals surface area contributed by atoms with Crippen LogP contribution >= 0.6 is 11.8 Å². The zero-order chi connectivity index (χ0) is 13.1. The first-order chi connectivity index (χ1) is 8.11. The second-order valence-electron chi connectivity index (χ2n) is 3.25. The van der Waals surface area contributed by atoms with Gasteiger partial charge in [0.05, 0.1) is 0 Å². The van der Waals surface area contributed by atoms with E-state index in [0.29, 0.717) is 25.1 Å². The van der Waals surface area contributed by atoms with Crippen LogP contribution in [0, 0.1) is 11.8 Å². The van der Waals surface area contributed by atoms with Crippen LogP contribution in [0.1, 0.15) is 19.8 Å². The maximum absolute atomic E-state index is 11.3. The molecule has 1 atom stereocenters. The van der Waals surface area contributed by atoms with Gasteiger partial charge in [-0.05, 0) is 25.4 Å². The highest BCUT2D eigenvalue weighted by atomic mass is 32.2. The Morgan fingerprint density at radius 2 is 2.18 bits per heavy atom. The van der Waals surface area contributed by atoms with Gasteiger partial charge in [0.15, 0.2) is 0 Å². The predicted octanol–water partition coefficient (Wildman–Crippen LogP) is 0.905. The van der Waals surface area contributed by atoms with Crippen LogP contribution in [0.2, 0.25) is 0 Å². The molecule has 0 rings (SSSR count). The van der Waals surface area contributed by atoms with Crippen molar-refractivity contribution in [2.75, 3.05) is 18.6 Å². The molecule has 0 aromatic rings. The van der Waals surface area contributed by atoms with Crippen LogP contribution in [0.25, 0.3) is 0 Å². The molecule has 0 aliphatic heterocycles. The normalized spacial score (nSPS) is 10.9. The third-order valence-electron chi connectivity index (χ3n) is 1.93. The lowest BCUT2D eigenvalue weighted by molar-refractivity contribution is -0.139. The first-order valence-electron chi connectivity index (χ1n) is 5.27. The van der Waals surface area contributed by atoms with Crippen LogP contribution in [-0.2, 0) is 4.79 Å². The smallest absolute Gasteiger partial charge is 0.326 e. The Balaban J connectivity index is 3.93. The van der Waals surface area contributed by atoms with E-state index in [2.05, 4.69) is 22.5 Å². The first-order valence-corrected chi connectivity index (χ1v) is 6.67. The highest BCUT2D eigenvalue weighted by Crippen LogP contribution is 2.00.